The molecule has 2 aromatic rings. The summed E-state index contributed by atoms with van der Waals surface area (Å²) >= 11 is 0. The second-order valence-corrected chi connectivity index (χ2v) is 12.2. The van der Waals surface area contributed by atoms with Gasteiger partial charge in [0.2, 0.25) is 10.0 Å². The summed E-state index contributed by atoms with van der Waals surface area (Å²) in [4.78, 5) is 24.1. The summed E-state index contributed by atoms with van der Waals surface area (Å²) in [6, 6.07) is 14.3. The Bertz CT molecular complexity index is 1110. The lowest BCUT2D eigenvalue weighted by Crippen LogP contribution is -2.51. The maximum Gasteiger partial charge on any atom is 0.407 e. The highest BCUT2D eigenvalue weighted by molar-refractivity contribution is 7.89. The molecule has 9 heteroatoms. The molecule has 0 fully saturated rings. The number of benzene rings is 2. The Morgan fingerprint density at radius 1 is 1.00 bits per heavy atom. The first-order valence-electron chi connectivity index (χ1n) is 12.0. The molecule has 2 N–H and O–H groups in total. The molecule has 2 aromatic carbocycles. The number of Topliss-reactive ketones (excluding diaryl/α,β-unsaturated/α-hetero) is 1. The fraction of sp³-hybridized carbons (Fsp3) is 0.481. The quantitative estimate of drug-likeness (QED) is 0.434. The van der Waals surface area contributed by atoms with E-state index in [0.717, 1.165) is 5.56 Å². The number of carbonyl (C=O) groups excluding carboxylic acids is 2. The molecule has 0 saturated heterocycles. The van der Waals surface area contributed by atoms with Crippen molar-refractivity contribution in [3.8, 4) is 0 Å². The molecule has 198 valence electrons. The van der Waals surface area contributed by atoms with Crippen molar-refractivity contribution in [2.75, 3.05) is 13.1 Å². The number of carbonyl (C=O) groups is 2. The highest BCUT2D eigenvalue weighted by Crippen LogP contribution is 2.20. The van der Waals surface area contributed by atoms with Crippen LogP contribution in [0.25, 0.3) is 0 Å². The third-order valence-electron chi connectivity index (χ3n) is 5.32. The van der Waals surface area contributed by atoms with Crippen molar-refractivity contribution < 1.29 is 27.9 Å². The maximum atomic E-state index is 13.5. The van der Waals surface area contributed by atoms with Gasteiger partial charge in [0, 0.05) is 18.7 Å². The van der Waals surface area contributed by atoms with Gasteiger partial charge in [-0.3, -0.25) is 4.79 Å². The lowest BCUT2D eigenvalue weighted by atomic mass is 10.0. The van der Waals surface area contributed by atoms with Crippen LogP contribution in [0.2, 0.25) is 0 Å². The van der Waals surface area contributed by atoms with Crippen LogP contribution in [-0.4, -0.2) is 60.5 Å². The molecule has 36 heavy (non-hydrogen) atoms. The van der Waals surface area contributed by atoms with Crippen molar-refractivity contribution >= 4 is 21.9 Å². The molecule has 0 aliphatic heterocycles. The predicted molar refractivity (Wildman–Crippen MR) is 139 cm³/mol. The van der Waals surface area contributed by atoms with Gasteiger partial charge in [0.1, 0.15) is 5.60 Å². The Morgan fingerprint density at radius 3 is 2.08 bits per heavy atom. The van der Waals surface area contributed by atoms with E-state index in [0.29, 0.717) is 5.56 Å². The Hall–Kier alpha value is -2.75. The predicted octanol–water partition coefficient (Wildman–Crippen LogP) is 4.03. The molecule has 1 amide bonds. The fourth-order valence-corrected chi connectivity index (χ4v) is 5.26. The van der Waals surface area contributed by atoms with E-state index in [2.05, 4.69) is 5.32 Å². The third-order valence-corrected chi connectivity index (χ3v) is 7.17. The van der Waals surface area contributed by atoms with Gasteiger partial charge in [0.05, 0.1) is 17.0 Å². The standard InChI is InChI=1S/C27H38N2O6S/c1-19(2)17-29(36(33,34)23-14-12-22(13-15-23)20(3)30)18-25(31)24(16-21-10-8-7-9-11-21)28-26(32)35-27(4,5)6/h7-15,19,24-25,31H,16-18H2,1-6H3,(H,28,32)/t24-,25+/m0/s1. The number of nitrogens with one attached hydrogen (secondary N) is 1. The van der Waals surface area contributed by atoms with E-state index in [-0.39, 0.29) is 36.1 Å². The van der Waals surface area contributed by atoms with Gasteiger partial charge >= 0.3 is 6.09 Å². The smallest absolute Gasteiger partial charge is 0.407 e. The van der Waals surface area contributed by atoms with Gasteiger partial charge in [0.25, 0.3) is 0 Å². The van der Waals surface area contributed by atoms with Crippen molar-refractivity contribution in [3.63, 3.8) is 0 Å². The van der Waals surface area contributed by atoms with E-state index < -0.39 is 33.9 Å². The SMILES string of the molecule is CC(=O)c1ccc(S(=O)(=O)N(CC(C)C)C[C@@H](O)[C@H](Cc2ccccc2)NC(=O)OC(C)(C)C)cc1. The van der Waals surface area contributed by atoms with Crippen molar-refractivity contribution in [1.29, 1.82) is 0 Å². The largest absolute Gasteiger partial charge is 0.444 e. The van der Waals surface area contributed by atoms with E-state index in [1.807, 2.05) is 44.2 Å². The van der Waals surface area contributed by atoms with Crippen molar-refractivity contribution in [2.24, 2.45) is 5.92 Å². The van der Waals surface area contributed by atoms with Crippen LogP contribution < -0.4 is 5.32 Å². The second-order valence-electron chi connectivity index (χ2n) is 10.3. The van der Waals surface area contributed by atoms with Crippen LogP contribution in [0.15, 0.2) is 59.5 Å². The van der Waals surface area contributed by atoms with Crippen molar-refractivity contribution in [2.45, 2.75) is 70.6 Å². The summed E-state index contributed by atoms with van der Waals surface area (Å²) in [6.45, 7) is 10.3. The van der Waals surface area contributed by atoms with Gasteiger partial charge in [-0.2, -0.15) is 4.31 Å². The van der Waals surface area contributed by atoms with E-state index in [4.69, 9.17) is 4.74 Å². The van der Waals surface area contributed by atoms with Gasteiger partial charge in [0.15, 0.2) is 5.78 Å². The molecule has 0 saturated carbocycles. The number of alkyl carbamates (subject to hydrolysis) is 1. The molecule has 0 bridgehead atoms. The van der Waals surface area contributed by atoms with Gasteiger partial charge in [-0.25, -0.2) is 13.2 Å². The van der Waals surface area contributed by atoms with E-state index in [1.54, 1.807) is 20.8 Å². The van der Waals surface area contributed by atoms with Crippen LogP contribution in [0.1, 0.15) is 57.5 Å². The number of aliphatic hydroxyl groups excluding tert-OH is 1. The van der Waals surface area contributed by atoms with Crippen LogP contribution in [0.4, 0.5) is 4.79 Å². The van der Waals surface area contributed by atoms with Crippen LogP contribution in [0, 0.1) is 5.92 Å². The van der Waals surface area contributed by atoms with Crippen LogP contribution in [-0.2, 0) is 21.2 Å². The summed E-state index contributed by atoms with van der Waals surface area (Å²) in [5.41, 5.74) is 0.551. The molecule has 2 atom stereocenters. The molecular formula is C27H38N2O6S. The number of amides is 1. The maximum absolute atomic E-state index is 13.5. The average Bonchev–Trinajstić information content (AvgIpc) is 2.77. The minimum absolute atomic E-state index is 0.0187. The summed E-state index contributed by atoms with van der Waals surface area (Å²) in [6.07, 6.45) is -1.63. The molecule has 0 radical (unpaired) electrons. The van der Waals surface area contributed by atoms with E-state index in [1.165, 1.54) is 35.5 Å². The molecule has 0 aromatic heterocycles. The Labute approximate surface area is 214 Å². The zero-order valence-corrected chi connectivity index (χ0v) is 22.7. The Morgan fingerprint density at radius 2 is 1.58 bits per heavy atom. The van der Waals surface area contributed by atoms with Crippen LogP contribution in [0.3, 0.4) is 0 Å². The summed E-state index contributed by atoms with van der Waals surface area (Å²) in [7, 11) is -3.98. The lowest BCUT2D eigenvalue weighted by molar-refractivity contribution is 0.0400. The molecule has 0 heterocycles. The van der Waals surface area contributed by atoms with E-state index >= 15 is 0 Å². The highest BCUT2D eigenvalue weighted by Gasteiger charge is 2.32. The number of ether oxygens (including phenoxy) is 1. The first kappa shape index (κ1) is 29.5. The van der Waals surface area contributed by atoms with Gasteiger partial charge in [-0.1, -0.05) is 56.3 Å². The van der Waals surface area contributed by atoms with Crippen LogP contribution in [0.5, 0.6) is 0 Å². The lowest BCUT2D eigenvalue weighted by Gasteiger charge is -2.31. The third kappa shape index (κ3) is 9.04. The summed E-state index contributed by atoms with van der Waals surface area (Å²) < 4.78 is 33.6. The Kier molecular flexibility index (Phi) is 10.2. The van der Waals surface area contributed by atoms with Gasteiger partial charge in [-0.15, -0.1) is 0 Å². The number of rotatable bonds is 11. The monoisotopic (exact) mass is 518 g/mol. The molecule has 8 nitrogen and oxygen atoms in total. The number of hydrogen-bond acceptors (Lipinski definition) is 6. The summed E-state index contributed by atoms with van der Waals surface area (Å²) in [5, 5.41) is 13.9. The molecule has 0 unspecified atom stereocenters. The molecule has 0 aliphatic rings. The molecular weight excluding hydrogens is 480 g/mol. The first-order valence-corrected chi connectivity index (χ1v) is 13.5. The zero-order chi connectivity index (χ0) is 27.1. The average molecular weight is 519 g/mol. The van der Waals surface area contributed by atoms with Crippen LogP contribution >= 0.6 is 0 Å². The number of nitrogens with zero attached hydrogens (tertiary/aromatic N) is 1. The highest BCUT2D eigenvalue weighted by atomic mass is 32.2. The molecule has 0 aliphatic carbocycles. The normalized spacial score (nSPS) is 13.9. The first-order chi connectivity index (χ1) is 16.7. The summed E-state index contributed by atoms with van der Waals surface area (Å²) in [5.74, 6) is -0.180. The zero-order valence-electron chi connectivity index (χ0n) is 21.9. The minimum atomic E-state index is -3.98. The topological polar surface area (TPSA) is 113 Å². The van der Waals surface area contributed by atoms with Crippen molar-refractivity contribution in [3.05, 3.63) is 65.7 Å². The Balaban J connectivity index is 2.33. The molecule has 2 rings (SSSR count). The molecule has 0 spiro atoms. The van der Waals surface area contributed by atoms with Gasteiger partial charge in [-0.05, 0) is 57.7 Å². The number of sulfonamides is 1. The number of aliphatic hydroxyl groups is 1. The fourth-order valence-electron chi connectivity index (χ4n) is 3.63. The number of ketones is 1. The minimum Gasteiger partial charge on any atom is -0.444 e. The van der Waals surface area contributed by atoms with Crippen molar-refractivity contribution in [1.82, 2.24) is 9.62 Å². The number of hydrogen-bond donors (Lipinski definition) is 2. The van der Waals surface area contributed by atoms with Gasteiger partial charge < -0.3 is 15.2 Å². The second kappa shape index (κ2) is 12.5. The van der Waals surface area contributed by atoms with E-state index in [9.17, 15) is 23.1 Å².